The lowest BCUT2D eigenvalue weighted by Gasteiger charge is -2.08. The van der Waals surface area contributed by atoms with Gasteiger partial charge < -0.3 is 20.1 Å². The Kier molecular flexibility index (Phi) is 6.63. The number of nitrogens with one attached hydrogen (secondary N) is 2. The van der Waals surface area contributed by atoms with E-state index in [-0.39, 0.29) is 23.5 Å². The first-order valence-corrected chi connectivity index (χ1v) is 7.94. The van der Waals surface area contributed by atoms with Gasteiger partial charge in [0.2, 0.25) is 5.91 Å². The van der Waals surface area contributed by atoms with E-state index in [0.29, 0.717) is 11.3 Å². The molecule has 10 heteroatoms. The quantitative estimate of drug-likeness (QED) is 0.419. The molecule has 2 rings (SSSR count). The molecule has 0 heterocycles. The second kappa shape index (κ2) is 9.12. The number of hydrogen-bond donors (Lipinski definition) is 2. The molecule has 0 aromatic heterocycles. The SMILES string of the molecule is COC(=O)c1ccc(NC(=O)CNC(=O)c2ccc(OC)c([N+](=O)[O-])c2)cc1. The summed E-state index contributed by atoms with van der Waals surface area (Å²) in [6.45, 7) is -0.350. The molecule has 0 aliphatic heterocycles. The maximum Gasteiger partial charge on any atom is 0.337 e. The van der Waals surface area contributed by atoms with Gasteiger partial charge in [0.15, 0.2) is 5.75 Å². The molecule has 146 valence electrons. The van der Waals surface area contributed by atoms with Gasteiger partial charge in [0.05, 0.1) is 31.3 Å². The number of benzene rings is 2. The Balaban J connectivity index is 1.95. The molecule has 0 bridgehead atoms. The highest BCUT2D eigenvalue weighted by molar-refractivity contribution is 6.00. The summed E-state index contributed by atoms with van der Waals surface area (Å²) in [5.74, 6) is -1.64. The van der Waals surface area contributed by atoms with Gasteiger partial charge in [-0.05, 0) is 36.4 Å². The van der Waals surface area contributed by atoms with E-state index in [0.717, 1.165) is 6.07 Å². The highest BCUT2D eigenvalue weighted by Crippen LogP contribution is 2.27. The topological polar surface area (TPSA) is 137 Å². The van der Waals surface area contributed by atoms with Crippen LogP contribution in [0.4, 0.5) is 11.4 Å². The number of hydrogen-bond acceptors (Lipinski definition) is 7. The van der Waals surface area contributed by atoms with E-state index in [1.807, 2.05) is 0 Å². The Hall–Kier alpha value is -3.95. The van der Waals surface area contributed by atoms with Crippen LogP contribution in [0.5, 0.6) is 5.75 Å². The fraction of sp³-hybridized carbons (Fsp3) is 0.167. The number of nitrogens with zero attached hydrogens (tertiary/aromatic N) is 1. The number of methoxy groups -OCH3 is 2. The summed E-state index contributed by atoms with van der Waals surface area (Å²) in [5, 5.41) is 15.9. The molecule has 0 spiro atoms. The molecule has 10 nitrogen and oxygen atoms in total. The van der Waals surface area contributed by atoms with E-state index in [4.69, 9.17) is 4.74 Å². The predicted octanol–water partition coefficient (Wildman–Crippen LogP) is 1.76. The van der Waals surface area contributed by atoms with E-state index in [2.05, 4.69) is 15.4 Å². The third-order valence-electron chi connectivity index (χ3n) is 3.64. The lowest BCUT2D eigenvalue weighted by molar-refractivity contribution is -0.385. The first-order chi connectivity index (χ1) is 13.3. The van der Waals surface area contributed by atoms with Crippen molar-refractivity contribution in [2.45, 2.75) is 0 Å². The maximum absolute atomic E-state index is 12.1. The zero-order valence-corrected chi connectivity index (χ0v) is 15.1. The normalized spacial score (nSPS) is 9.93. The molecule has 2 amide bonds. The number of nitro benzene ring substituents is 1. The minimum atomic E-state index is -0.666. The van der Waals surface area contributed by atoms with Crippen molar-refractivity contribution in [2.24, 2.45) is 0 Å². The number of esters is 1. The minimum Gasteiger partial charge on any atom is -0.490 e. The van der Waals surface area contributed by atoms with Crippen LogP contribution < -0.4 is 15.4 Å². The number of ether oxygens (including phenoxy) is 2. The molecule has 0 aliphatic carbocycles. The van der Waals surface area contributed by atoms with Crippen LogP contribution in [0.1, 0.15) is 20.7 Å². The molecule has 28 heavy (non-hydrogen) atoms. The molecule has 0 saturated heterocycles. The first kappa shape index (κ1) is 20.4. The number of amides is 2. The zero-order valence-electron chi connectivity index (χ0n) is 15.1. The van der Waals surface area contributed by atoms with E-state index in [9.17, 15) is 24.5 Å². The van der Waals surface area contributed by atoms with Gasteiger partial charge in [-0.3, -0.25) is 19.7 Å². The summed E-state index contributed by atoms with van der Waals surface area (Å²) in [4.78, 5) is 45.8. The summed E-state index contributed by atoms with van der Waals surface area (Å²) >= 11 is 0. The molecule has 0 atom stereocenters. The molecule has 2 aromatic rings. The standard InChI is InChI=1S/C18H17N3O7/c1-27-15-8-5-12(9-14(15)21(25)26)17(23)19-10-16(22)20-13-6-3-11(4-7-13)18(24)28-2/h3-9H,10H2,1-2H3,(H,19,23)(H,20,22). The molecule has 2 N–H and O–H groups in total. The van der Waals surface area contributed by atoms with Crippen molar-refractivity contribution in [3.8, 4) is 5.75 Å². The van der Waals surface area contributed by atoms with Crippen LogP contribution in [0.25, 0.3) is 0 Å². The van der Waals surface area contributed by atoms with Gasteiger partial charge in [-0.15, -0.1) is 0 Å². The molecule has 2 aromatic carbocycles. The Morgan fingerprint density at radius 3 is 2.25 bits per heavy atom. The summed E-state index contributed by atoms with van der Waals surface area (Å²) in [6, 6.07) is 9.71. The van der Waals surface area contributed by atoms with Gasteiger partial charge in [0.1, 0.15) is 0 Å². The zero-order chi connectivity index (χ0) is 20.7. The van der Waals surface area contributed by atoms with Crippen molar-refractivity contribution < 1.29 is 28.8 Å². The highest BCUT2D eigenvalue weighted by Gasteiger charge is 2.18. The van der Waals surface area contributed by atoms with E-state index in [1.165, 1.54) is 50.6 Å². The third kappa shape index (κ3) is 5.04. The Morgan fingerprint density at radius 1 is 1.04 bits per heavy atom. The molecule has 0 unspecified atom stereocenters. The predicted molar refractivity (Wildman–Crippen MR) is 98.4 cm³/mol. The lowest BCUT2D eigenvalue weighted by atomic mass is 10.1. The average Bonchev–Trinajstić information content (AvgIpc) is 2.71. The molecular weight excluding hydrogens is 370 g/mol. The van der Waals surface area contributed by atoms with Crippen LogP contribution in [-0.2, 0) is 9.53 Å². The van der Waals surface area contributed by atoms with Gasteiger partial charge in [-0.1, -0.05) is 0 Å². The van der Waals surface area contributed by atoms with Crippen molar-refractivity contribution in [3.63, 3.8) is 0 Å². The monoisotopic (exact) mass is 387 g/mol. The molecule has 0 radical (unpaired) electrons. The van der Waals surface area contributed by atoms with Crippen molar-refractivity contribution in [1.82, 2.24) is 5.32 Å². The number of rotatable bonds is 7. The van der Waals surface area contributed by atoms with Crippen molar-refractivity contribution in [3.05, 3.63) is 63.7 Å². The number of carbonyl (C=O) groups excluding carboxylic acids is 3. The fourth-order valence-electron chi connectivity index (χ4n) is 2.25. The van der Waals surface area contributed by atoms with Gasteiger partial charge in [0, 0.05) is 17.3 Å². The van der Waals surface area contributed by atoms with E-state index < -0.39 is 22.7 Å². The maximum atomic E-state index is 12.1. The van der Waals surface area contributed by atoms with Crippen LogP contribution in [0.15, 0.2) is 42.5 Å². The van der Waals surface area contributed by atoms with Crippen molar-refractivity contribution in [2.75, 3.05) is 26.1 Å². The summed E-state index contributed by atoms with van der Waals surface area (Å²) in [5.41, 5.74) is 0.412. The summed E-state index contributed by atoms with van der Waals surface area (Å²) in [6.07, 6.45) is 0. The Labute approximate surface area is 159 Å². The highest BCUT2D eigenvalue weighted by atomic mass is 16.6. The average molecular weight is 387 g/mol. The van der Waals surface area contributed by atoms with Crippen LogP contribution in [0, 0.1) is 10.1 Å². The molecule has 0 fully saturated rings. The second-order valence-corrected chi connectivity index (χ2v) is 5.44. The van der Waals surface area contributed by atoms with E-state index in [1.54, 1.807) is 0 Å². The fourth-order valence-corrected chi connectivity index (χ4v) is 2.25. The van der Waals surface area contributed by atoms with Crippen LogP contribution in [-0.4, -0.2) is 43.5 Å². The van der Waals surface area contributed by atoms with Gasteiger partial charge >= 0.3 is 11.7 Å². The second-order valence-electron chi connectivity index (χ2n) is 5.44. The van der Waals surface area contributed by atoms with Gasteiger partial charge in [-0.2, -0.15) is 0 Å². The lowest BCUT2D eigenvalue weighted by Crippen LogP contribution is -2.32. The largest absolute Gasteiger partial charge is 0.490 e. The minimum absolute atomic E-state index is 0.0164. The Bertz CT molecular complexity index is 910. The number of nitro groups is 1. The van der Waals surface area contributed by atoms with Crippen LogP contribution >= 0.6 is 0 Å². The summed E-state index contributed by atoms with van der Waals surface area (Å²) in [7, 11) is 2.54. The van der Waals surface area contributed by atoms with Crippen molar-refractivity contribution >= 4 is 29.2 Å². The van der Waals surface area contributed by atoms with Crippen LogP contribution in [0.3, 0.4) is 0 Å². The Morgan fingerprint density at radius 2 is 1.68 bits per heavy atom. The van der Waals surface area contributed by atoms with Gasteiger partial charge in [0.25, 0.3) is 5.91 Å². The van der Waals surface area contributed by atoms with Gasteiger partial charge in [-0.25, -0.2) is 4.79 Å². The molecular formula is C18H17N3O7. The van der Waals surface area contributed by atoms with Crippen LogP contribution in [0.2, 0.25) is 0 Å². The molecule has 0 aliphatic rings. The third-order valence-corrected chi connectivity index (χ3v) is 3.64. The van der Waals surface area contributed by atoms with E-state index >= 15 is 0 Å². The number of anilines is 1. The first-order valence-electron chi connectivity index (χ1n) is 7.94. The smallest absolute Gasteiger partial charge is 0.337 e. The van der Waals surface area contributed by atoms with Crippen molar-refractivity contribution in [1.29, 1.82) is 0 Å². The number of carbonyl (C=O) groups is 3. The summed E-state index contributed by atoms with van der Waals surface area (Å²) < 4.78 is 9.45. The molecule has 0 saturated carbocycles.